The van der Waals surface area contributed by atoms with Gasteiger partial charge in [-0.05, 0) is 35.4 Å². The monoisotopic (exact) mass is 308 g/mol. The summed E-state index contributed by atoms with van der Waals surface area (Å²) in [6.07, 6.45) is 0. The maximum absolute atomic E-state index is 4.25. The van der Waals surface area contributed by atoms with Crippen LogP contribution in [0.1, 0.15) is 15.3 Å². The Bertz CT molecular complexity index is 819. The number of aryl methyl sites for hydroxylation is 1. The van der Waals surface area contributed by atoms with E-state index in [1.165, 1.54) is 26.1 Å². The third-order valence-corrected chi connectivity index (χ3v) is 5.47. The fraction of sp³-hybridized carbons (Fsp3) is 0.0526. The van der Waals surface area contributed by atoms with Crippen LogP contribution in [0.5, 0.6) is 0 Å². The van der Waals surface area contributed by atoms with Gasteiger partial charge in [-0.15, -0.1) is 11.3 Å². The van der Waals surface area contributed by atoms with Crippen molar-refractivity contribution in [2.24, 2.45) is 0 Å². The minimum atomic E-state index is 1.04. The van der Waals surface area contributed by atoms with Crippen LogP contribution in [0.4, 0.5) is 0 Å². The molecule has 1 aromatic heterocycles. The van der Waals surface area contributed by atoms with E-state index in [1.807, 2.05) is 0 Å². The molecule has 0 nitrogen and oxygen atoms in total. The second kappa shape index (κ2) is 5.92. The Balaban J connectivity index is 1.89. The van der Waals surface area contributed by atoms with Gasteiger partial charge in [0.2, 0.25) is 0 Å². The van der Waals surface area contributed by atoms with Crippen molar-refractivity contribution in [3.05, 3.63) is 83.1 Å². The first kappa shape index (κ1) is 14.2. The van der Waals surface area contributed by atoms with E-state index in [0.29, 0.717) is 0 Å². The van der Waals surface area contributed by atoms with Gasteiger partial charge in [0.1, 0.15) is 0 Å². The zero-order chi connectivity index (χ0) is 14.8. The van der Waals surface area contributed by atoms with Crippen molar-refractivity contribution in [1.29, 1.82) is 0 Å². The number of thioether (sulfide) groups is 1. The van der Waals surface area contributed by atoms with E-state index in [2.05, 4.69) is 74.7 Å². The highest BCUT2D eigenvalue weighted by Gasteiger charge is 2.09. The molecule has 0 aliphatic carbocycles. The summed E-state index contributed by atoms with van der Waals surface area (Å²) in [6, 6.07) is 19.0. The zero-order valence-electron chi connectivity index (χ0n) is 11.9. The zero-order valence-corrected chi connectivity index (χ0v) is 13.6. The van der Waals surface area contributed by atoms with Crippen molar-refractivity contribution in [2.75, 3.05) is 0 Å². The molecule has 0 aliphatic heterocycles. The predicted molar refractivity (Wildman–Crippen MR) is 98.7 cm³/mol. The molecule has 21 heavy (non-hydrogen) atoms. The van der Waals surface area contributed by atoms with E-state index in [4.69, 9.17) is 0 Å². The Morgan fingerprint density at radius 3 is 2.43 bits per heavy atom. The fourth-order valence-electron chi connectivity index (χ4n) is 2.31. The third kappa shape index (κ3) is 2.97. The number of benzene rings is 2. The molecule has 2 heteroatoms. The maximum atomic E-state index is 4.25. The SMILES string of the molecule is C=C(SC(=C)c1cccc2ccccc12)c1ccc(C)s1. The topological polar surface area (TPSA) is 0 Å². The van der Waals surface area contributed by atoms with Crippen LogP contribution >= 0.6 is 23.1 Å². The summed E-state index contributed by atoms with van der Waals surface area (Å²) in [5, 5.41) is 2.49. The van der Waals surface area contributed by atoms with Crippen LogP contribution in [0.15, 0.2) is 67.8 Å². The molecule has 104 valence electrons. The summed E-state index contributed by atoms with van der Waals surface area (Å²) in [7, 11) is 0. The molecule has 1 heterocycles. The van der Waals surface area contributed by atoms with E-state index >= 15 is 0 Å². The number of fused-ring (bicyclic) bond motifs is 1. The summed E-state index contributed by atoms with van der Waals surface area (Å²) in [4.78, 5) is 4.63. The highest BCUT2D eigenvalue weighted by molar-refractivity contribution is 8.16. The van der Waals surface area contributed by atoms with Gasteiger partial charge in [0, 0.05) is 19.6 Å². The molecular formula is C19H16S2. The van der Waals surface area contributed by atoms with Crippen molar-refractivity contribution in [3.8, 4) is 0 Å². The minimum absolute atomic E-state index is 1.04. The van der Waals surface area contributed by atoms with E-state index in [-0.39, 0.29) is 0 Å². The Kier molecular flexibility index (Phi) is 4.00. The van der Waals surface area contributed by atoms with Crippen molar-refractivity contribution >= 4 is 43.7 Å². The standard InChI is InChI=1S/C19H16S2/c1-13-11-12-19(20-13)15(3)21-14(2)17-10-6-8-16-7-4-5-9-18(16)17/h4-12H,2-3H2,1H3. The van der Waals surface area contributed by atoms with Gasteiger partial charge >= 0.3 is 0 Å². The molecular weight excluding hydrogens is 292 g/mol. The van der Waals surface area contributed by atoms with Gasteiger partial charge in [0.05, 0.1) is 0 Å². The Morgan fingerprint density at radius 2 is 1.67 bits per heavy atom. The molecule has 0 radical (unpaired) electrons. The Labute approximate surface area is 133 Å². The highest BCUT2D eigenvalue weighted by Crippen LogP contribution is 2.40. The molecule has 3 rings (SSSR count). The highest BCUT2D eigenvalue weighted by atomic mass is 32.2. The first-order valence-corrected chi connectivity index (χ1v) is 8.39. The number of rotatable bonds is 4. The Morgan fingerprint density at radius 1 is 0.905 bits per heavy atom. The lowest BCUT2D eigenvalue weighted by molar-refractivity contribution is 1.64. The second-order valence-corrected chi connectivity index (χ2v) is 7.36. The molecule has 0 saturated carbocycles. The maximum Gasteiger partial charge on any atom is 0.0406 e. The molecule has 0 fully saturated rings. The molecule has 0 unspecified atom stereocenters. The van der Waals surface area contributed by atoms with Crippen molar-refractivity contribution < 1.29 is 0 Å². The van der Waals surface area contributed by atoms with E-state index in [9.17, 15) is 0 Å². The average molecular weight is 308 g/mol. The van der Waals surface area contributed by atoms with Crippen LogP contribution in [0.25, 0.3) is 20.6 Å². The number of hydrogen-bond acceptors (Lipinski definition) is 2. The summed E-state index contributed by atoms with van der Waals surface area (Å²) in [5.41, 5.74) is 1.19. The third-order valence-electron chi connectivity index (χ3n) is 3.35. The predicted octanol–water partition coefficient (Wildman–Crippen LogP) is 6.58. The summed E-state index contributed by atoms with van der Waals surface area (Å²) in [5.74, 6) is 0. The van der Waals surface area contributed by atoms with Crippen LogP contribution in [-0.2, 0) is 0 Å². The number of thiophene rings is 1. The van der Waals surface area contributed by atoms with Gasteiger partial charge in [0.15, 0.2) is 0 Å². The first-order valence-electron chi connectivity index (χ1n) is 6.76. The molecule has 0 N–H and O–H groups in total. The van der Waals surface area contributed by atoms with Crippen LogP contribution in [0.3, 0.4) is 0 Å². The summed E-state index contributed by atoms with van der Waals surface area (Å²) >= 11 is 3.43. The molecule has 0 amide bonds. The second-order valence-electron chi connectivity index (χ2n) is 4.89. The van der Waals surface area contributed by atoms with Gasteiger partial charge < -0.3 is 0 Å². The van der Waals surface area contributed by atoms with E-state index in [0.717, 1.165) is 9.81 Å². The van der Waals surface area contributed by atoms with Crippen LogP contribution < -0.4 is 0 Å². The lowest BCUT2D eigenvalue weighted by Crippen LogP contribution is -1.82. The largest absolute Gasteiger partial charge is 0.140 e. The van der Waals surface area contributed by atoms with Crippen LogP contribution in [0, 0.1) is 6.92 Å². The molecule has 2 aromatic carbocycles. The molecule has 0 spiro atoms. The van der Waals surface area contributed by atoms with Crippen molar-refractivity contribution in [1.82, 2.24) is 0 Å². The lowest BCUT2D eigenvalue weighted by Gasteiger charge is -2.10. The van der Waals surface area contributed by atoms with E-state index in [1.54, 1.807) is 23.1 Å². The van der Waals surface area contributed by atoms with Gasteiger partial charge in [-0.2, -0.15) is 0 Å². The molecule has 0 aliphatic rings. The Hall–Kier alpha value is -1.77. The molecule has 0 bridgehead atoms. The van der Waals surface area contributed by atoms with Gasteiger partial charge in [-0.1, -0.05) is 67.4 Å². The first-order chi connectivity index (χ1) is 10.1. The van der Waals surface area contributed by atoms with Gasteiger partial charge in [-0.25, -0.2) is 0 Å². The lowest BCUT2D eigenvalue weighted by atomic mass is 10.0. The van der Waals surface area contributed by atoms with Crippen molar-refractivity contribution in [2.45, 2.75) is 6.92 Å². The molecule has 0 atom stereocenters. The van der Waals surface area contributed by atoms with Crippen LogP contribution in [-0.4, -0.2) is 0 Å². The van der Waals surface area contributed by atoms with Gasteiger partial charge in [0.25, 0.3) is 0 Å². The normalized spacial score (nSPS) is 10.7. The molecule has 3 aromatic rings. The van der Waals surface area contributed by atoms with Gasteiger partial charge in [-0.3, -0.25) is 0 Å². The minimum Gasteiger partial charge on any atom is -0.140 e. The van der Waals surface area contributed by atoms with E-state index < -0.39 is 0 Å². The number of hydrogen-bond donors (Lipinski definition) is 0. The summed E-state index contributed by atoms with van der Waals surface area (Å²) in [6.45, 7) is 10.6. The molecule has 0 saturated heterocycles. The average Bonchev–Trinajstić information content (AvgIpc) is 2.93. The fourth-order valence-corrected chi connectivity index (χ4v) is 4.04. The summed E-state index contributed by atoms with van der Waals surface area (Å²) < 4.78 is 0. The quantitative estimate of drug-likeness (QED) is 0.524. The van der Waals surface area contributed by atoms with Crippen molar-refractivity contribution in [3.63, 3.8) is 0 Å². The van der Waals surface area contributed by atoms with Crippen LogP contribution in [0.2, 0.25) is 0 Å². The smallest absolute Gasteiger partial charge is 0.0406 e.